The van der Waals surface area contributed by atoms with E-state index in [1.54, 1.807) is 20.8 Å². The van der Waals surface area contributed by atoms with Crippen molar-refractivity contribution in [2.24, 2.45) is 11.7 Å². The second-order valence-electron chi connectivity index (χ2n) is 4.91. The van der Waals surface area contributed by atoms with Crippen LogP contribution in [0.4, 0.5) is 0 Å². The predicted octanol–water partition coefficient (Wildman–Crippen LogP) is 0.442. The zero-order valence-electron chi connectivity index (χ0n) is 9.08. The van der Waals surface area contributed by atoms with Crippen LogP contribution in [0, 0.1) is 5.92 Å². The summed E-state index contributed by atoms with van der Waals surface area (Å²) in [6, 6.07) is -0.0702. The average Bonchev–Trinajstić information content (AvgIpc) is 2.80. The molecule has 0 radical (unpaired) electrons. The van der Waals surface area contributed by atoms with Crippen LogP contribution in [-0.2, 0) is 10.0 Å². The normalized spacial score (nSPS) is 20.9. The van der Waals surface area contributed by atoms with Gasteiger partial charge in [-0.3, -0.25) is 0 Å². The highest BCUT2D eigenvalue weighted by atomic mass is 32.2. The molecule has 0 aromatic rings. The molecule has 0 bridgehead atoms. The maximum absolute atomic E-state index is 11.8. The van der Waals surface area contributed by atoms with E-state index < -0.39 is 14.8 Å². The van der Waals surface area contributed by atoms with Gasteiger partial charge in [-0.2, -0.15) is 0 Å². The average molecular weight is 220 g/mol. The van der Waals surface area contributed by atoms with E-state index in [0.717, 1.165) is 12.8 Å². The standard InChI is InChI=1S/C9H20N2O2S/c1-9(2,3)14(12,13)11-8(6-10)7-4-5-7/h7-8,11H,4-6,10H2,1-3H3. The Labute approximate surface area is 86.3 Å². The van der Waals surface area contributed by atoms with Crippen molar-refractivity contribution >= 4 is 10.0 Å². The van der Waals surface area contributed by atoms with Gasteiger partial charge in [0.15, 0.2) is 0 Å². The van der Waals surface area contributed by atoms with Gasteiger partial charge in [0.1, 0.15) is 0 Å². The van der Waals surface area contributed by atoms with Crippen LogP contribution in [0.15, 0.2) is 0 Å². The van der Waals surface area contributed by atoms with Crippen LogP contribution in [0.25, 0.3) is 0 Å². The molecule has 1 aliphatic carbocycles. The van der Waals surface area contributed by atoms with E-state index in [2.05, 4.69) is 4.72 Å². The SMILES string of the molecule is CC(C)(C)S(=O)(=O)NC(CN)C1CC1. The molecule has 14 heavy (non-hydrogen) atoms. The van der Waals surface area contributed by atoms with Gasteiger partial charge in [0, 0.05) is 12.6 Å². The Morgan fingerprint density at radius 3 is 2.21 bits per heavy atom. The molecule has 0 heterocycles. The monoisotopic (exact) mass is 220 g/mol. The quantitative estimate of drug-likeness (QED) is 0.722. The Morgan fingerprint density at radius 1 is 1.43 bits per heavy atom. The highest BCUT2D eigenvalue weighted by Crippen LogP contribution is 2.33. The smallest absolute Gasteiger partial charge is 0.216 e. The van der Waals surface area contributed by atoms with E-state index in [9.17, 15) is 8.42 Å². The van der Waals surface area contributed by atoms with Crippen molar-refractivity contribution in [1.29, 1.82) is 0 Å². The third-order valence-electron chi connectivity index (χ3n) is 2.56. The molecule has 1 saturated carbocycles. The van der Waals surface area contributed by atoms with Crippen LogP contribution in [0.2, 0.25) is 0 Å². The molecule has 0 aromatic heterocycles. The molecule has 0 spiro atoms. The Bertz CT molecular complexity index is 288. The van der Waals surface area contributed by atoms with E-state index in [1.165, 1.54) is 0 Å². The lowest BCUT2D eigenvalue weighted by molar-refractivity contribution is 0.497. The van der Waals surface area contributed by atoms with Gasteiger partial charge in [0.25, 0.3) is 0 Å². The number of rotatable bonds is 4. The summed E-state index contributed by atoms with van der Waals surface area (Å²) in [7, 11) is -3.24. The van der Waals surface area contributed by atoms with Gasteiger partial charge in [0.05, 0.1) is 4.75 Å². The first-order valence-electron chi connectivity index (χ1n) is 5.00. The van der Waals surface area contributed by atoms with E-state index >= 15 is 0 Å². The molecule has 1 unspecified atom stereocenters. The van der Waals surface area contributed by atoms with Crippen LogP contribution >= 0.6 is 0 Å². The second-order valence-corrected chi connectivity index (χ2v) is 7.38. The fraction of sp³-hybridized carbons (Fsp3) is 1.00. The van der Waals surface area contributed by atoms with E-state index in [4.69, 9.17) is 5.73 Å². The van der Waals surface area contributed by atoms with Gasteiger partial charge in [-0.05, 0) is 39.5 Å². The fourth-order valence-corrected chi connectivity index (χ4v) is 2.25. The third-order valence-corrected chi connectivity index (χ3v) is 4.78. The summed E-state index contributed by atoms with van der Waals surface area (Å²) in [5.74, 6) is 0.456. The molecule has 0 saturated heterocycles. The van der Waals surface area contributed by atoms with Crippen LogP contribution in [0.1, 0.15) is 33.6 Å². The Hall–Kier alpha value is -0.130. The molecule has 84 valence electrons. The lowest BCUT2D eigenvalue weighted by Crippen LogP contribution is -2.48. The maximum Gasteiger partial charge on any atom is 0.216 e. The number of hydrogen-bond acceptors (Lipinski definition) is 3. The Kier molecular flexibility index (Phi) is 3.23. The molecule has 1 fully saturated rings. The topological polar surface area (TPSA) is 72.2 Å². The van der Waals surface area contributed by atoms with Gasteiger partial charge >= 0.3 is 0 Å². The highest BCUT2D eigenvalue weighted by Gasteiger charge is 2.37. The summed E-state index contributed by atoms with van der Waals surface area (Å²) in [5, 5.41) is 0. The van der Waals surface area contributed by atoms with Gasteiger partial charge in [-0.25, -0.2) is 13.1 Å². The Morgan fingerprint density at radius 2 is 1.93 bits per heavy atom. The molecule has 5 heteroatoms. The van der Waals surface area contributed by atoms with Gasteiger partial charge in [0.2, 0.25) is 10.0 Å². The van der Waals surface area contributed by atoms with Gasteiger partial charge in [-0.15, -0.1) is 0 Å². The van der Waals surface area contributed by atoms with Crippen molar-refractivity contribution in [2.45, 2.75) is 44.4 Å². The molecule has 4 nitrogen and oxygen atoms in total. The first-order valence-corrected chi connectivity index (χ1v) is 6.48. The third kappa shape index (κ3) is 2.68. The zero-order valence-corrected chi connectivity index (χ0v) is 9.89. The number of nitrogens with one attached hydrogen (secondary N) is 1. The van der Waals surface area contributed by atoms with Crippen LogP contribution in [0.5, 0.6) is 0 Å². The molecule has 1 rings (SSSR count). The largest absolute Gasteiger partial charge is 0.329 e. The molecule has 0 aliphatic heterocycles. The molecule has 3 N–H and O–H groups in total. The predicted molar refractivity (Wildman–Crippen MR) is 57.4 cm³/mol. The minimum absolute atomic E-state index is 0.0702. The van der Waals surface area contributed by atoms with Crippen molar-refractivity contribution in [3.8, 4) is 0 Å². The first kappa shape index (κ1) is 11.9. The van der Waals surface area contributed by atoms with Crippen LogP contribution in [-0.4, -0.2) is 25.8 Å². The minimum Gasteiger partial charge on any atom is -0.329 e. The minimum atomic E-state index is -3.24. The van der Waals surface area contributed by atoms with Crippen molar-refractivity contribution in [2.75, 3.05) is 6.54 Å². The van der Waals surface area contributed by atoms with Crippen molar-refractivity contribution < 1.29 is 8.42 Å². The summed E-state index contributed by atoms with van der Waals surface area (Å²) < 4.78 is 25.5. The number of nitrogens with two attached hydrogens (primary N) is 1. The molecule has 1 atom stereocenters. The van der Waals surface area contributed by atoms with Crippen molar-refractivity contribution in [3.63, 3.8) is 0 Å². The van der Waals surface area contributed by atoms with Crippen molar-refractivity contribution in [1.82, 2.24) is 4.72 Å². The maximum atomic E-state index is 11.8. The molecular formula is C9H20N2O2S. The number of sulfonamides is 1. The summed E-state index contributed by atoms with van der Waals surface area (Å²) in [6.07, 6.45) is 2.18. The van der Waals surface area contributed by atoms with E-state index in [1.807, 2.05) is 0 Å². The van der Waals surface area contributed by atoms with Crippen molar-refractivity contribution in [3.05, 3.63) is 0 Å². The lowest BCUT2D eigenvalue weighted by atomic mass is 10.2. The summed E-state index contributed by atoms with van der Waals surface area (Å²) in [5.41, 5.74) is 5.54. The van der Waals surface area contributed by atoms with E-state index in [-0.39, 0.29) is 6.04 Å². The molecular weight excluding hydrogens is 200 g/mol. The highest BCUT2D eigenvalue weighted by molar-refractivity contribution is 7.90. The van der Waals surface area contributed by atoms with Crippen LogP contribution < -0.4 is 10.5 Å². The molecule has 0 aromatic carbocycles. The second kappa shape index (κ2) is 3.79. The zero-order chi connectivity index (χ0) is 11.0. The summed E-state index contributed by atoms with van der Waals surface area (Å²) >= 11 is 0. The molecule has 1 aliphatic rings. The number of hydrogen-bond donors (Lipinski definition) is 2. The van der Waals surface area contributed by atoms with E-state index in [0.29, 0.717) is 12.5 Å². The fourth-order valence-electron chi connectivity index (χ4n) is 1.21. The van der Waals surface area contributed by atoms with Crippen LogP contribution in [0.3, 0.4) is 0 Å². The van der Waals surface area contributed by atoms with Gasteiger partial charge in [-0.1, -0.05) is 0 Å². The lowest BCUT2D eigenvalue weighted by Gasteiger charge is -2.24. The summed E-state index contributed by atoms with van der Waals surface area (Å²) in [6.45, 7) is 5.46. The molecule has 0 amide bonds. The summed E-state index contributed by atoms with van der Waals surface area (Å²) in [4.78, 5) is 0. The first-order chi connectivity index (χ1) is 6.28. The van der Waals surface area contributed by atoms with Gasteiger partial charge < -0.3 is 5.73 Å². The Balaban J connectivity index is 2.66.